The summed E-state index contributed by atoms with van der Waals surface area (Å²) in [6.45, 7) is 3.64. The van der Waals surface area contributed by atoms with E-state index in [0.29, 0.717) is 5.69 Å². The van der Waals surface area contributed by atoms with E-state index in [2.05, 4.69) is 42.2 Å². The summed E-state index contributed by atoms with van der Waals surface area (Å²) in [6.07, 6.45) is 0. The third kappa shape index (κ3) is 2.20. The number of nitrogens with zero attached hydrogens (tertiary/aromatic N) is 3. The van der Waals surface area contributed by atoms with Crippen LogP contribution < -0.4 is 0 Å². The highest BCUT2D eigenvalue weighted by atomic mass is 79.9. The van der Waals surface area contributed by atoms with Gasteiger partial charge in [-0.2, -0.15) is 0 Å². The van der Waals surface area contributed by atoms with Crippen molar-refractivity contribution in [1.29, 1.82) is 0 Å². The molecule has 94 valence electrons. The van der Waals surface area contributed by atoms with Crippen LogP contribution >= 0.6 is 31.9 Å². The lowest BCUT2D eigenvalue weighted by Gasteiger charge is -2.09. The molecule has 0 atom stereocenters. The Bertz CT molecular complexity index is 614. The van der Waals surface area contributed by atoms with Crippen LogP contribution in [0.4, 0.5) is 0 Å². The van der Waals surface area contributed by atoms with Gasteiger partial charge in [-0.25, -0.2) is 9.48 Å². The van der Waals surface area contributed by atoms with E-state index >= 15 is 0 Å². The highest BCUT2D eigenvalue weighted by Gasteiger charge is 2.19. The standard InChI is InChI=1S/C11H9Br2N3O2/c1-5-3-7(12)10(8(13)4-5)16-6(2)9(11(17)18)14-15-16/h3-4H,1-2H3,(H,17,18). The monoisotopic (exact) mass is 373 g/mol. The summed E-state index contributed by atoms with van der Waals surface area (Å²) in [5.74, 6) is -1.09. The molecular formula is C11H9Br2N3O2. The van der Waals surface area contributed by atoms with Crippen LogP contribution in [0.2, 0.25) is 0 Å². The number of benzene rings is 1. The Kier molecular flexibility index (Phi) is 3.54. The van der Waals surface area contributed by atoms with Gasteiger partial charge in [-0.05, 0) is 63.4 Å². The number of halogens is 2. The average molecular weight is 375 g/mol. The van der Waals surface area contributed by atoms with E-state index in [4.69, 9.17) is 5.11 Å². The molecular weight excluding hydrogens is 366 g/mol. The van der Waals surface area contributed by atoms with Crippen molar-refractivity contribution in [3.8, 4) is 5.69 Å². The topological polar surface area (TPSA) is 68.0 Å². The lowest BCUT2D eigenvalue weighted by Crippen LogP contribution is -2.04. The second-order valence-electron chi connectivity index (χ2n) is 3.82. The van der Waals surface area contributed by atoms with Gasteiger partial charge in [0, 0.05) is 8.95 Å². The molecule has 0 bridgehead atoms. The molecule has 0 aliphatic carbocycles. The SMILES string of the molecule is Cc1cc(Br)c(-n2nnc(C(=O)O)c2C)c(Br)c1. The van der Waals surface area contributed by atoms with Gasteiger partial charge < -0.3 is 5.11 Å². The molecule has 1 heterocycles. The van der Waals surface area contributed by atoms with E-state index in [1.807, 2.05) is 19.1 Å². The van der Waals surface area contributed by atoms with Gasteiger partial charge in [-0.3, -0.25) is 0 Å². The molecule has 0 saturated carbocycles. The maximum absolute atomic E-state index is 11.0. The molecule has 0 saturated heterocycles. The van der Waals surface area contributed by atoms with E-state index in [9.17, 15) is 4.79 Å². The van der Waals surface area contributed by atoms with Crippen LogP contribution in [-0.4, -0.2) is 26.1 Å². The molecule has 0 spiro atoms. The Balaban J connectivity index is 2.67. The summed E-state index contributed by atoms with van der Waals surface area (Å²) in [5.41, 5.74) is 2.24. The number of aromatic nitrogens is 3. The van der Waals surface area contributed by atoms with Crippen LogP contribution in [0.15, 0.2) is 21.1 Å². The molecule has 1 aromatic carbocycles. The quantitative estimate of drug-likeness (QED) is 0.876. The predicted molar refractivity (Wildman–Crippen MR) is 73.2 cm³/mol. The first kappa shape index (κ1) is 13.2. The summed E-state index contributed by atoms with van der Waals surface area (Å²) in [5, 5.41) is 16.5. The largest absolute Gasteiger partial charge is 0.476 e. The lowest BCUT2D eigenvalue weighted by molar-refractivity contribution is 0.0689. The summed E-state index contributed by atoms with van der Waals surface area (Å²) in [4.78, 5) is 11.0. The minimum absolute atomic E-state index is 0.0469. The smallest absolute Gasteiger partial charge is 0.358 e. The fourth-order valence-corrected chi connectivity index (χ4v) is 3.39. The second-order valence-corrected chi connectivity index (χ2v) is 5.53. The Morgan fingerprint density at radius 1 is 1.28 bits per heavy atom. The summed E-state index contributed by atoms with van der Waals surface area (Å²) >= 11 is 6.90. The van der Waals surface area contributed by atoms with Crippen molar-refractivity contribution < 1.29 is 9.90 Å². The number of carboxylic acids is 1. The van der Waals surface area contributed by atoms with Crippen LogP contribution in [0.1, 0.15) is 21.7 Å². The van der Waals surface area contributed by atoms with Gasteiger partial charge in [0.25, 0.3) is 0 Å². The first-order valence-corrected chi connectivity index (χ1v) is 6.62. The zero-order valence-corrected chi connectivity index (χ0v) is 12.8. The Morgan fingerprint density at radius 2 is 1.83 bits per heavy atom. The number of hydrogen-bond donors (Lipinski definition) is 1. The maximum atomic E-state index is 11.0. The normalized spacial score (nSPS) is 10.7. The predicted octanol–water partition coefficient (Wildman–Crippen LogP) is 3.11. The Morgan fingerprint density at radius 3 is 2.28 bits per heavy atom. The first-order chi connectivity index (χ1) is 8.41. The molecule has 2 rings (SSSR count). The van der Waals surface area contributed by atoms with Gasteiger partial charge in [0.05, 0.1) is 11.4 Å². The number of rotatable bonds is 2. The third-order valence-corrected chi connectivity index (χ3v) is 3.68. The Labute approximate surface area is 120 Å². The number of aryl methyl sites for hydroxylation is 1. The molecule has 5 nitrogen and oxygen atoms in total. The van der Waals surface area contributed by atoms with Crippen LogP contribution in [0, 0.1) is 13.8 Å². The number of aromatic carboxylic acids is 1. The first-order valence-electron chi connectivity index (χ1n) is 5.03. The zero-order chi connectivity index (χ0) is 13.4. The van der Waals surface area contributed by atoms with Gasteiger partial charge in [0.1, 0.15) is 0 Å². The number of hydrogen-bond acceptors (Lipinski definition) is 3. The molecule has 1 N–H and O–H groups in total. The molecule has 18 heavy (non-hydrogen) atoms. The fraction of sp³-hybridized carbons (Fsp3) is 0.182. The lowest BCUT2D eigenvalue weighted by atomic mass is 10.2. The highest BCUT2D eigenvalue weighted by molar-refractivity contribution is 9.11. The zero-order valence-electron chi connectivity index (χ0n) is 9.61. The van der Waals surface area contributed by atoms with E-state index in [-0.39, 0.29) is 5.69 Å². The molecule has 0 unspecified atom stereocenters. The van der Waals surface area contributed by atoms with Crippen molar-refractivity contribution in [2.24, 2.45) is 0 Å². The van der Waals surface area contributed by atoms with Gasteiger partial charge in [0.15, 0.2) is 5.69 Å². The van der Waals surface area contributed by atoms with E-state index < -0.39 is 5.97 Å². The van der Waals surface area contributed by atoms with Gasteiger partial charge in [0.2, 0.25) is 0 Å². The van der Waals surface area contributed by atoms with Crippen molar-refractivity contribution in [2.45, 2.75) is 13.8 Å². The van der Waals surface area contributed by atoms with E-state index in [0.717, 1.165) is 20.2 Å². The molecule has 0 fully saturated rings. The van der Waals surface area contributed by atoms with E-state index in [1.54, 1.807) is 6.92 Å². The minimum atomic E-state index is -1.09. The number of carboxylic acid groups (broad SMARTS) is 1. The van der Waals surface area contributed by atoms with Crippen LogP contribution in [0.5, 0.6) is 0 Å². The van der Waals surface area contributed by atoms with Crippen molar-refractivity contribution in [1.82, 2.24) is 15.0 Å². The second kappa shape index (κ2) is 4.81. The van der Waals surface area contributed by atoms with Gasteiger partial charge >= 0.3 is 5.97 Å². The molecule has 1 aromatic heterocycles. The molecule has 0 radical (unpaired) electrons. The minimum Gasteiger partial charge on any atom is -0.476 e. The molecule has 0 amide bonds. The van der Waals surface area contributed by atoms with Crippen molar-refractivity contribution in [3.63, 3.8) is 0 Å². The molecule has 0 aliphatic rings. The van der Waals surface area contributed by atoms with Gasteiger partial charge in [-0.15, -0.1) is 5.10 Å². The molecule has 0 aliphatic heterocycles. The van der Waals surface area contributed by atoms with Crippen LogP contribution in [0.3, 0.4) is 0 Å². The van der Waals surface area contributed by atoms with Crippen molar-refractivity contribution >= 4 is 37.8 Å². The summed E-state index contributed by atoms with van der Waals surface area (Å²) in [6, 6.07) is 3.86. The Hall–Kier alpha value is -1.21. The summed E-state index contributed by atoms with van der Waals surface area (Å²) < 4.78 is 3.13. The van der Waals surface area contributed by atoms with Crippen molar-refractivity contribution in [2.75, 3.05) is 0 Å². The van der Waals surface area contributed by atoms with E-state index in [1.165, 1.54) is 4.68 Å². The fourth-order valence-electron chi connectivity index (χ4n) is 1.63. The van der Waals surface area contributed by atoms with Crippen molar-refractivity contribution in [3.05, 3.63) is 38.0 Å². The number of carbonyl (C=O) groups is 1. The molecule has 2 aromatic rings. The maximum Gasteiger partial charge on any atom is 0.358 e. The van der Waals surface area contributed by atoms with Gasteiger partial charge in [-0.1, -0.05) is 5.21 Å². The molecule has 7 heteroatoms. The van der Waals surface area contributed by atoms with Crippen LogP contribution in [0.25, 0.3) is 5.69 Å². The average Bonchev–Trinajstić information content (AvgIpc) is 2.59. The van der Waals surface area contributed by atoms with Crippen LogP contribution in [-0.2, 0) is 0 Å². The summed E-state index contributed by atoms with van der Waals surface area (Å²) in [7, 11) is 0. The highest BCUT2D eigenvalue weighted by Crippen LogP contribution is 2.31. The third-order valence-electron chi connectivity index (χ3n) is 2.47.